The van der Waals surface area contributed by atoms with Crippen LogP contribution in [0.1, 0.15) is 117 Å². The topological polar surface area (TPSA) is 86.3 Å². The summed E-state index contributed by atoms with van der Waals surface area (Å²) in [4.78, 5) is 11.5. The Bertz CT molecular complexity index is 557. The standard InChI is InChI=1S/C27H51NO6/c1-5-6-7-8-9-10-11-12-13-14-15-16-17-18-19-28-21(20-22(29)30)23-24(31-4)25-26(32-23)34-27(2,3)33-25/h21,23-26,28H,5-20H2,1-4H3,(H,29,30)/t21?,23-,24+,25-,26-/m1/s1. The molecule has 34 heavy (non-hydrogen) atoms. The minimum absolute atomic E-state index is 0.0219. The minimum Gasteiger partial charge on any atom is -0.481 e. The summed E-state index contributed by atoms with van der Waals surface area (Å²) in [6.45, 7) is 6.73. The van der Waals surface area contributed by atoms with Gasteiger partial charge < -0.3 is 29.4 Å². The lowest BCUT2D eigenvalue weighted by molar-refractivity contribution is -0.220. The van der Waals surface area contributed by atoms with E-state index in [2.05, 4.69) is 12.2 Å². The summed E-state index contributed by atoms with van der Waals surface area (Å²) in [6.07, 6.45) is 16.9. The molecule has 0 bridgehead atoms. The molecule has 0 aromatic heterocycles. The van der Waals surface area contributed by atoms with Crippen LogP contribution in [-0.2, 0) is 23.7 Å². The van der Waals surface area contributed by atoms with Gasteiger partial charge in [-0.2, -0.15) is 0 Å². The third kappa shape index (κ3) is 10.5. The Morgan fingerprint density at radius 2 is 1.44 bits per heavy atom. The second-order valence-corrected chi connectivity index (χ2v) is 10.5. The van der Waals surface area contributed by atoms with E-state index in [9.17, 15) is 9.90 Å². The maximum atomic E-state index is 11.5. The van der Waals surface area contributed by atoms with Gasteiger partial charge in [-0.05, 0) is 26.8 Å². The van der Waals surface area contributed by atoms with Crippen LogP contribution in [0.3, 0.4) is 0 Å². The molecule has 2 heterocycles. The van der Waals surface area contributed by atoms with Gasteiger partial charge in [-0.25, -0.2) is 0 Å². The maximum Gasteiger partial charge on any atom is 0.305 e. The number of methoxy groups -OCH3 is 1. The Balaban J connectivity index is 1.55. The van der Waals surface area contributed by atoms with Crippen LogP contribution in [0.5, 0.6) is 0 Å². The average molecular weight is 486 g/mol. The quantitative estimate of drug-likeness (QED) is 0.211. The Morgan fingerprint density at radius 3 is 1.94 bits per heavy atom. The number of nitrogens with one attached hydrogen (secondary N) is 1. The number of unbranched alkanes of at least 4 members (excludes halogenated alkanes) is 13. The highest BCUT2D eigenvalue weighted by Crippen LogP contribution is 2.39. The van der Waals surface area contributed by atoms with E-state index < -0.39 is 24.2 Å². The smallest absolute Gasteiger partial charge is 0.305 e. The van der Waals surface area contributed by atoms with Crippen molar-refractivity contribution in [2.45, 2.75) is 154 Å². The van der Waals surface area contributed by atoms with Crippen molar-refractivity contribution in [1.82, 2.24) is 5.32 Å². The molecule has 2 aliphatic rings. The van der Waals surface area contributed by atoms with Gasteiger partial charge in [0.05, 0.1) is 6.42 Å². The number of hydrogen-bond donors (Lipinski definition) is 2. The van der Waals surface area contributed by atoms with Crippen molar-refractivity contribution in [1.29, 1.82) is 0 Å². The van der Waals surface area contributed by atoms with Crippen molar-refractivity contribution in [3.8, 4) is 0 Å². The zero-order chi connectivity index (χ0) is 24.8. The molecule has 0 aromatic rings. The van der Waals surface area contributed by atoms with Gasteiger partial charge in [0.1, 0.15) is 18.3 Å². The van der Waals surface area contributed by atoms with E-state index >= 15 is 0 Å². The first-order chi connectivity index (χ1) is 16.4. The summed E-state index contributed by atoms with van der Waals surface area (Å²) in [5.74, 6) is -1.57. The first-order valence-corrected chi connectivity index (χ1v) is 13.9. The molecule has 7 heteroatoms. The number of rotatable bonds is 20. The Hall–Kier alpha value is -0.730. The molecule has 7 nitrogen and oxygen atoms in total. The van der Waals surface area contributed by atoms with E-state index in [1.165, 1.54) is 77.0 Å². The van der Waals surface area contributed by atoms with Gasteiger partial charge in [-0.15, -0.1) is 0 Å². The molecule has 0 aromatic carbocycles. The third-order valence-electron chi connectivity index (χ3n) is 7.03. The Kier molecular flexibility index (Phi) is 14.0. The van der Waals surface area contributed by atoms with Gasteiger partial charge in [-0.3, -0.25) is 4.79 Å². The van der Waals surface area contributed by atoms with Crippen LogP contribution in [0.15, 0.2) is 0 Å². The van der Waals surface area contributed by atoms with Gasteiger partial charge in [-0.1, -0.05) is 90.4 Å². The molecule has 2 rings (SSSR count). The number of fused-ring (bicyclic) bond motifs is 1. The predicted molar refractivity (Wildman–Crippen MR) is 134 cm³/mol. The zero-order valence-electron chi connectivity index (χ0n) is 22.2. The molecule has 0 spiro atoms. The molecule has 0 amide bonds. The number of carboxylic acid groups (broad SMARTS) is 1. The SMILES string of the molecule is CCCCCCCCCCCCCCCCNC(CC(=O)O)[C@H]1O[C@@H]2OC(C)(C)O[C@@H]2[C@H]1OC. The lowest BCUT2D eigenvalue weighted by Gasteiger charge is -2.30. The lowest BCUT2D eigenvalue weighted by atomic mass is 10.00. The number of aliphatic carboxylic acids is 1. The largest absolute Gasteiger partial charge is 0.481 e. The highest BCUT2D eigenvalue weighted by molar-refractivity contribution is 5.67. The van der Waals surface area contributed by atoms with E-state index in [0.717, 1.165) is 19.4 Å². The molecule has 0 radical (unpaired) electrons. The van der Waals surface area contributed by atoms with E-state index in [-0.39, 0.29) is 24.7 Å². The van der Waals surface area contributed by atoms with Crippen LogP contribution in [0, 0.1) is 0 Å². The Morgan fingerprint density at radius 1 is 0.912 bits per heavy atom. The van der Waals surface area contributed by atoms with E-state index in [1.54, 1.807) is 7.11 Å². The molecular weight excluding hydrogens is 434 g/mol. The van der Waals surface area contributed by atoms with Crippen molar-refractivity contribution in [3.63, 3.8) is 0 Å². The van der Waals surface area contributed by atoms with Crippen LogP contribution in [0.4, 0.5) is 0 Å². The van der Waals surface area contributed by atoms with Crippen LogP contribution in [0.2, 0.25) is 0 Å². The van der Waals surface area contributed by atoms with Crippen molar-refractivity contribution in [2.24, 2.45) is 0 Å². The molecule has 5 atom stereocenters. The van der Waals surface area contributed by atoms with Crippen LogP contribution < -0.4 is 5.32 Å². The average Bonchev–Trinajstić information content (AvgIpc) is 3.26. The fourth-order valence-electron chi connectivity index (χ4n) is 5.20. The molecule has 2 saturated heterocycles. The molecule has 200 valence electrons. The number of carbonyl (C=O) groups is 1. The summed E-state index contributed by atoms with van der Waals surface area (Å²) in [5, 5.41) is 12.8. The highest BCUT2D eigenvalue weighted by atomic mass is 16.8. The second kappa shape index (κ2) is 16.1. The van der Waals surface area contributed by atoms with Crippen molar-refractivity contribution < 1.29 is 28.8 Å². The van der Waals surface area contributed by atoms with Gasteiger partial charge in [0.15, 0.2) is 12.1 Å². The Labute approximate surface area is 207 Å². The van der Waals surface area contributed by atoms with Crippen molar-refractivity contribution in [2.75, 3.05) is 13.7 Å². The summed E-state index contributed by atoms with van der Waals surface area (Å²) >= 11 is 0. The van der Waals surface area contributed by atoms with Crippen molar-refractivity contribution in [3.05, 3.63) is 0 Å². The molecule has 2 fully saturated rings. The molecule has 1 unspecified atom stereocenters. The number of ether oxygens (including phenoxy) is 4. The summed E-state index contributed by atoms with van der Waals surface area (Å²) in [6, 6.07) is -0.342. The van der Waals surface area contributed by atoms with Crippen LogP contribution in [0.25, 0.3) is 0 Å². The van der Waals surface area contributed by atoms with E-state index in [1.807, 2.05) is 13.8 Å². The molecular formula is C27H51NO6. The molecule has 2 N–H and O–H groups in total. The molecule has 2 aliphatic heterocycles. The van der Waals surface area contributed by atoms with E-state index in [4.69, 9.17) is 18.9 Å². The van der Waals surface area contributed by atoms with Crippen LogP contribution >= 0.6 is 0 Å². The van der Waals surface area contributed by atoms with Crippen molar-refractivity contribution >= 4 is 5.97 Å². The fraction of sp³-hybridized carbons (Fsp3) is 0.963. The van der Waals surface area contributed by atoms with Crippen LogP contribution in [-0.4, -0.2) is 61.2 Å². The molecule has 0 saturated carbocycles. The number of hydrogen-bond acceptors (Lipinski definition) is 6. The summed E-state index contributed by atoms with van der Waals surface area (Å²) in [7, 11) is 1.61. The maximum absolute atomic E-state index is 11.5. The normalized spacial score (nSPS) is 26.6. The first kappa shape index (κ1) is 29.5. The lowest BCUT2D eigenvalue weighted by Crippen LogP contribution is -2.49. The second-order valence-electron chi connectivity index (χ2n) is 10.5. The molecule has 0 aliphatic carbocycles. The predicted octanol–water partition coefficient (Wildman–Crippen LogP) is 5.79. The van der Waals surface area contributed by atoms with Gasteiger partial charge in [0, 0.05) is 13.2 Å². The summed E-state index contributed by atoms with van der Waals surface area (Å²) in [5.41, 5.74) is 0. The fourth-order valence-corrected chi connectivity index (χ4v) is 5.20. The van der Waals surface area contributed by atoms with Gasteiger partial charge in [0.25, 0.3) is 0 Å². The highest BCUT2D eigenvalue weighted by Gasteiger charge is 2.56. The first-order valence-electron chi connectivity index (χ1n) is 13.9. The minimum atomic E-state index is -0.851. The van der Waals surface area contributed by atoms with Gasteiger partial charge in [0.2, 0.25) is 0 Å². The zero-order valence-corrected chi connectivity index (χ0v) is 22.2. The third-order valence-corrected chi connectivity index (χ3v) is 7.03. The summed E-state index contributed by atoms with van der Waals surface area (Å²) < 4.78 is 23.5. The number of carboxylic acids is 1. The monoisotopic (exact) mass is 485 g/mol. The van der Waals surface area contributed by atoms with Gasteiger partial charge >= 0.3 is 5.97 Å². The van der Waals surface area contributed by atoms with E-state index in [0.29, 0.717) is 0 Å².